The molecule has 0 N–H and O–H groups in total. The maximum Gasteiger partial charge on any atom is 0.280 e. The number of nitrogens with zero attached hydrogens (tertiary/aromatic N) is 1. The Labute approximate surface area is 145 Å². The van der Waals surface area contributed by atoms with Crippen molar-refractivity contribution >= 4 is 35.7 Å². The Balaban J connectivity index is 0. The van der Waals surface area contributed by atoms with E-state index in [1.54, 1.807) is 0 Å². The summed E-state index contributed by atoms with van der Waals surface area (Å²) < 4.78 is 0. The lowest BCUT2D eigenvalue weighted by Gasteiger charge is -2.27. The third-order valence-corrected chi connectivity index (χ3v) is 2.17. The Hall–Kier alpha value is -2.57. The molecule has 138 valence electrons. The number of carbonyl (C=O) groups is 6. The molecule has 0 bridgehead atoms. The molecule has 0 saturated carbocycles. The van der Waals surface area contributed by atoms with Gasteiger partial charge in [0.2, 0.25) is 0 Å². The molecule has 1 unspecified atom stereocenters. The van der Waals surface area contributed by atoms with Crippen LogP contribution >= 0.6 is 0 Å². The minimum Gasteiger partial charge on any atom is -0.294 e. The van der Waals surface area contributed by atoms with Gasteiger partial charge in [0, 0.05) is 5.41 Å². The minimum atomic E-state index is -1.79. The van der Waals surface area contributed by atoms with Crippen molar-refractivity contribution in [3.05, 3.63) is 0 Å². The highest BCUT2D eigenvalue weighted by Crippen LogP contribution is 2.23. The first-order valence-electron chi connectivity index (χ1n) is 7.02. The predicted octanol–water partition coefficient (Wildman–Crippen LogP) is 0.332. The maximum atomic E-state index is 10.4. The molecule has 0 rings (SSSR count). The topological polar surface area (TPSA) is 145 Å². The third kappa shape index (κ3) is 10.8. The molecule has 9 heteroatoms. The third-order valence-electron chi connectivity index (χ3n) is 2.17. The first-order valence-corrected chi connectivity index (χ1v) is 7.02. The zero-order valence-electron chi connectivity index (χ0n) is 14.9. The molecule has 0 aromatic heterocycles. The molecule has 0 heterocycles. The van der Waals surface area contributed by atoms with Crippen molar-refractivity contribution in [3.63, 3.8) is 0 Å². The van der Waals surface area contributed by atoms with Gasteiger partial charge in [0.25, 0.3) is 23.1 Å². The summed E-state index contributed by atoms with van der Waals surface area (Å²) in [6.07, 6.45) is -1.34. The highest BCUT2D eigenvalue weighted by molar-refractivity contribution is 6.89. The van der Waals surface area contributed by atoms with Gasteiger partial charge in [0.1, 0.15) is 0 Å². The van der Waals surface area contributed by atoms with Crippen LogP contribution in [0, 0.1) is 16.7 Å². The zero-order chi connectivity index (χ0) is 20.4. The van der Waals surface area contributed by atoms with Crippen molar-refractivity contribution < 1.29 is 38.5 Å². The summed E-state index contributed by atoms with van der Waals surface area (Å²) in [5.41, 5.74) is -0.597. The zero-order valence-corrected chi connectivity index (χ0v) is 14.9. The molecule has 0 saturated heterocycles. The molecular formula is C16H21NO8. The lowest BCUT2D eigenvalue weighted by molar-refractivity contribution is -0.374. The Morgan fingerprint density at radius 1 is 0.880 bits per heavy atom. The second kappa shape index (κ2) is 10.3. The van der Waals surface area contributed by atoms with Crippen LogP contribution in [0.1, 0.15) is 41.5 Å². The number of carbonyl (C=O) groups excluding carboxylic acids is 6. The Bertz CT molecular complexity index is 557. The van der Waals surface area contributed by atoms with Crippen molar-refractivity contribution in [2.24, 2.45) is 5.41 Å². The largest absolute Gasteiger partial charge is 0.294 e. The average molecular weight is 355 g/mol. The van der Waals surface area contributed by atoms with E-state index in [2.05, 4.69) is 6.07 Å². The average Bonchev–Trinajstić information content (AvgIpc) is 2.50. The maximum absolute atomic E-state index is 10.4. The highest BCUT2D eigenvalue weighted by Gasteiger charge is 2.28. The Morgan fingerprint density at radius 3 is 1.44 bits per heavy atom. The van der Waals surface area contributed by atoms with Gasteiger partial charge >= 0.3 is 0 Å². The van der Waals surface area contributed by atoms with E-state index in [0.29, 0.717) is 0 Å². The van der Waals surface area contributed by atoms with Gasteiger partial charge in [-0.2, -0.15) is 5.26 Å². The summed E-state index contributed by atoms with van der Waals surface area (Å²) in [5, 5.41) is 8.80. The molecule has 0 radical (unpaired) electrons. The van der Waals surface area contributed by atoms with Crippen LogP contribution in [0.25, 0.3) is 0 Å². The normalized spacial score (nSPS) is 11.9. The molecule has 9 nitrogen and oxygen atoms in total. The molecule has 0 fully saturated rings. The van der Waals surface area contributed by atoms with Crippen LogP contribution in [0.3, 0.4) is 0 Å². The van der Waals surface area contributed by atoms with E-state index in [9.17, 15) is 28.8 Å². The Morgan fingerprint density at radius 2 is 1.24 bits per heavy atom. The monoisotopic (exact) mass is 355 g/mol. The molecule has 0 aliphatic carbocycles. The second-order valence-corrected chi connectivity index (χ2v) is 6.79. The van der Waals surface area contributed by atoms with E-state index in [1.165, 1.54) is 0 Å². The van der Waals surface area contributed by atoms with Crippen molar-refractivity contribution in [2.45, 2.75) is 53.2 Å². The van der Waals surface area contributed by atoms with Gasteiger partial charge in [-0.15, -0.1) is 0 Å². The summed E-state index contributed by atoms with van der Waals surface area (Å²) >= 11 is 0. The van der Waals surface area contributed by atoms with Crippen LogP contribution in [-0.4, -0.2) is 47.4 Å². The summed E-state index contributed by atoms with van der Waals surface area (Å²) in [6, 6.07) is 2.07. The summed E-state index contributed by atoms with van der Waals surface area (Å²) in [5.74, 6) is -6.87. The van der Waals surface area contributed by atoms with Gasteiger partial charge in [0.05, 0.1) is 11.7 Å². The van der Waals surface area contributed by atoms with Crippen molar-refractivity contribution in [3.8, 4) is 6.07 Å². The van der Waals surface area contributed by atoms with Crippen molar-refractivity contribution in [1.82, 2.24) is 0 Å². The van der Waals surface area contributed by atoms with E-state index < -0.39 is 41.8 Å². The van der Waals surface area contributed by atoms with E-state index >= 15 is 0 Å². The number of hydrogen-bond donors (Lipinski definition) is 0. The fourth-order valence-electron chi connectivity index (χ4n) is 0.883. The Kier molecular flexibility index (Phi) is 10.2. The van der Waals surface area contributed by atoms with Gasteiger partial charge in [-0.05, 0) is 20.8 Å². The molecule has 0 aliphatic heterocycles. The summed E-state index contributed by atoms with van der Waals surface area (Å²) in [6.45, 7) is 11.4. The predicted molar refractivity (Wildman–Crippen MR) is 82.9 cm³/mol. The van der Waals surface area contributed by atoms with E-state index in [1.807, 2.05) is 41.5 Å². The second-order valence-electron chi connectivity index (χ2n) is 6.79. The standard InChI is InChI=1S/C10H19NO2.C6H2O6/c1-9(2,3)8(7-11)12-13-10(4,5)6;7-1-3(9)5(11)6(12)4(10)2-8/h8H,1-6H3;1-2H. The summed E-state index contributed by atoms with van der Waals surface area (Å²) in [7, 11) is 0. The van der Waals surface area contributed by atoms with Gasteiger partial charge in [-0.25, -0.2) is 9.78 Å². The fourth-order valence-corrected chi connectivity index (χ4v) is 0.883. The molecule has 0 aromatic rings. The number of nitriles is 1. The fraction of sp³-hybridized carbons (Fsp3) is 0.562. The number of Topliss-reactive ketones (excluding diaryl/α,β-unsaturated/α-hetero) is 4. The van der Waals surface area contributed by atoms with Gasteiger partial charge in [-0.3, -0.25) is 28.8 Å². The van der Waals surface area contributed by atoms with Crippen molar-refractivity contribution in [1.29, 1.82) is 5.26 Å². The van der Waals surface area contributed by atoms with Crippen LogP contribution in [0.5, 0.6) is 0 Å². The SMILES string of the molecule is CC(C)(C)OOC(C#N)C(C)(C)C.O=CC(=O)C(=O)C(=O)C(=O)C=O. The summed E-state index contributed by atoms with van der Waals surface area (Å²) in [4.78, 5) is 70.5. The lowest BCUT2D eigenvalue weighted by atomic mass is 9.90. The lowest BCUT2D eigenvalue weighted by Crippen LogP contribution is -2.31. The van der Waals surface area contributed by atoms with E-state index in [-0.39, 0.29) is 11.0 Å². The number of ketones is 4. The van der Waals surface area contributed by atoms with Gasteiger partial charge in [-0.1, -0.05) is 20.8 Å². The molecule has 0 aliphatic rings. The van der Waals surface area contributed by atoms with Crippen LogP contribution in [0.2, 0.25) is 0 Å². The first-order chi connectivity index (χ1) is 11.2. The molecule has 25 heavy (non-hydrogen) atoms. The quantitative estimate of drug-likeness (QED) is 0.207. The number of hydrogen-bond acceptors (Lipinski definition) is 9. The number of aldehydes is 2. The van der Waals surface area contributed by atoms with Crippen molar-refractivity contribution in [2.75, 3.05) is 0 Å². The molecule has 0 amide bonds. The van der Waals surface area contributed by atoms with Gasteiger partial charge < -0.3 is 0 Å². The smallest absolute Gasteiger partial charge is 0.280 e. The minimum absolute atomic E-state index is 0.222. The van der Waals surface area contributed by atoms with Gasteiger partial charge in [0.15, 0.2) is 18.7 Å². The molecular weight excluding hydrogens is 334 g/mol. The molecule has 1 atom stereocenters. The number of rotatable bonds is 7. The van der Waals surface area contributed by atoms with Crippen LogP contribution in [0.4, 0.5) is 0 Å². The molecule has 0 aromatic carbocycles. The van der Waals surface area contributed by atoms with E-state index in [4.69, 9.17) is 15.0 Å². The van der Waals surface area contributed by atoms with Crippen LogP contribution in [0.15, 0.2) is 0 Å². The van der Waals surface area contributed by atoms with Crippen LogP contribution in [-0.2, 0) is 38.5 Å². The van der Waals surface area contributed by atoms with E-state index in [0.717, 1.165) is 0 Å². The highest BCUT2D eigenvalue weighted by atomic mass is 17.2. The first kappa shape index (κ1) is 24.7. The van der Waals surface area contributed by atoms with Crippen LogP contribution < -0.4 is 0 Å². The molecule has 0 spiro atoms.